The average Bonchev–Trinajstić information content (AvgIpc) is 2.96. The Morgan fingerprint density at radius 2 is 2.12 bits per heavy atom. The fourth-order valence-electron chi connectivity index (χ4n) is 1.81. The van der Waals surface area contributed by atoms with Crippen LogP contribution in [0.15, 0.2) is 41.1 Å². The molecule has 0 unspecified atom stereocenters. The maximum Gasteiger partial charge on any atom is 0.121 e. The Bertz CT molecular complexity index is 565. The van der Waals surface area contributed by atoms with E-state index in [1.54, 1.807) is 11.3 Å². The molecule has 4 heteroatoms. The molecular formula is C13H13N3S. The summed E-state index contributed by atoms with van der Waals surface area (Å²) in [4.78, 5) is 7.82. The second-order valence-electron chi connectivity index (χ2n) is 3.94. The summed E-state index contributed by atoms with van der Waals surface area (Å²) in [7, 11) is 0. The normalized spacial score (nSPS) is 11.1. The van der Waals surface area contributed by atoms with Crippen LogP contribution in [0, 0.1) is 0 Å². The van der Waals surface area contributed by atoms with Gasteiger partial charge in [0.2, 0.25) is 0 Å². The number of aromatic nitrogens is 2. The predicted molar refractivity (Wildman–Crippen MR) is 71.0 cm³/mol. The summed E-state index contributed by atoms with van der Waals surface area (Å²) in [6, 6.07) is 10.2. The van der Waals surface area contributed by atoms with Crippen LogP contribution in [0.4, 0.5) is 0 Å². The molecule has 1 aromatic carbocycles. The van der Waals surface area contributed by atoms with Crippen LogP contribution < -0.4 is 5.32 Å². The SMILES string of the molecule is c1ccc2[nH]c(CNCc3ccsc3)nc2c1. The number of nitrogens with zero attached hydrogens (tertiary/aromatic N) is 1. The fourth-order valence-corrected chi connectivity index (χ4v) is 2.48. The van der Waals surface area contributed by atoms with Crippen molar-refractivity contribution < 1.29 is 0 Å². The molecule has 0 spiro atoms. The van der Waals surface area contributed by atoms with Gasteiger partial charge in [-0.3, -0.25) is 0 Å². The summed E-state index contributed by atoms with van der Waals surface area (Å²) in [6.45, 7) is 1.66. The van der Waals surface area contributed by atoms with Crippen LogP contribution in [-0.4, -0.2) is 9.97 Å². The van der Waals surface area contributed by atoms with Crippen molar-refractivity contribution in [2.45, 2.75) is 13.1 Å². The Labute approximate surface area is 104 Å². The first-order valence-electron chi connectivity index (χ1n) is 5.57. The quantitative estimate of drug-likeness (QED) is 0.739. The van der Waals surface area contributed by atoms with Crippen LogP contribution in [0.2, 0.25) is 0 Å². The first kappa shape index (κ1) is 10.5. The lowest BCUT2D eigenvalue weighted by Crippen LogP contribution is -2.13. The molecule has 0 bridgehead atoms. The second kappa shape index (κ2) is 4.69. The highest BCUT2D eigenvalue weighted by Gasteiger charge is 2.01. The molecule has 17 heavy (non-hydrogen) atoms. The molecule has 0 atom stereocenters. The Morgan fingerprint density at radius 1 is 1.18 bits per heavy atom. The predicted octanol–water partition coefficient (Wildman–Crippen LogP) is 2.91. The van der Waals surface area contributed by atoms with E-state index in [0.29, 0.717) is 0 Å². The zero-order valence-corrected chi connectivity index (χ0v) is 10.1. The fraction of sp³-hybridized carbons (Fsp3) is 0.154. The molecule has 0 amide bonds. The lowest BCUT2D eigenvalue weighted by atomic mass is 10.3. The van der Waals surface area contributed by atoms with Crippen molar-refractivity contribution in [1.29, 1.82) is 0 Å². The third kappa shape index (κ3) is 2.38. The van der Waals surface area contributed by atoms with Crippen molar-refractivity contribution in [2.24, 2.45) is 0 Å². The van der Waals surface area contributed by atoms with E-state index >= 15 is 0 Å². The van der Waals surface area contributed by atoms with Crippen LogP contribution in [-0.2, 0) is 13.1 Å². The van der Waals surface area contributed by atoms with Crippen molar-refractivity contribution in [1.82, 2.24) is 15.3 Å². The highest BCUT2D eigenvalue weighted by molar-refractivity contribution is 7.07. The minimum absolute atomic E-state index is 0.768. The van der Waals surface area contributed by atoms with Crippen molar-refractivity contribution in [3.05, 3.63) is 52.5 Å². The number of nitrogens with one attached hydrogen (secondary N) is 2. The van der Waals surface area contributed by atoms with Gasteiger partial charge in [-0.05, 0) is 34.5 Å². The molecule has 0 aliphatic carbocycles. The number of hydrogen-bond donors (Lipinski definition) is 2. The number of imidazole rings is 1. The van der Waals surface area contributed by atoms with Crippen molar-refractivity contribution in [2.75, 3.05) is 0 Å². The van der Waals surface area contributed by atoms with Gasteiger partial charge in [0.05, 0.1) is 17.6 Å². The molecule has 0 aliphatic rings. The van der Waals surface area contributed by atoms with Crippen molar-refractivity contribution >= 4 is 22.4 Å². The van der Waals surface area contributed by atoms with Gasteiger partial charge in [-0.25, -0.2) is 4.98 Å². The summed E-state index contributed by atoms with van der Waals surface area (Å²) < 4.78 is 0. The molecule has 3 nitrogen and oxygen atoms in total. The number of fused-ring (bicyclic) bond motifs is 1. The number of H-pyrrole nitrogens is 1. The zero-order valence-electron chi connectivity index (χ0n) is 9.31. The smallest absolute Gasteiger partial charge is 0.121 e. The molecule has 2 heterocycles. The molecule has 0 aliphatic heterocycles. The summed E-state index contributed by atoms with van der Waals surface area (Å²) >= 11 is 1.73. The van der Waals surface area contributed by atoms with E-state index in [1.807, 2.05) is 24.3 Å². The molecule has 0 saturated heterocycles. The zero-order chi connectivity index (χ0) is 11.5. The van der Waals surface area contributed by atoms with Gasteiger partial charge in [-0.2, -0.15) is 11.3 Å². The number of rotatable bonds is 4. The molecule has 86 valence electrons. The van der Waals surface area contributed by atoms with E-state index in [2.05, 4.69) is 32.1 Å². The Kier molecular flexibility index (Phi) is 2.90. The van der Waals surface area contributed by atoms with Gasteiger partial charge in [0.25, 0.3) is 0 Å². The van der Waals surface area contributed by atoms with Crippen LogP contribution in [0.1, 0.15) is 11.4 Å². The maximum absolute atomic E-state index is 4.52. The van der Waals surface area contributed by atoms with Gasteiger partial charge in [-0.15, -0.1) is 0 Å². The van der Waals surface area contributed by atoms with Crippen LogP contribution >= 0.6 is 11.3 Å². The van der Waals surface area contributed by atoms with Crippen LogP contribution in [0.25, 0.3) is 11.0 Å². The Hall–Kier alpha value is -1.65. The average molecular weight is 243 g/mol. The third-order valence-corrected chi connectivity index (χ3v) is 3.37. The molecule has 3 aromatic rings. The van der Waals surface area contributed by atoms with E-state index in [-0.39, 0.29) is 0 Å². The standard InChI is InChI=1S/C13H13N3S/c1-2-4-12-11(3-1)15-13(16-12)8-14-7-10-5-6-17-9-10/h1-6,9,14H,7-8H2,(H,15,16). The molecular weight excluding hydrogens is 230 g/mol. The third-order valence-electron chi connectivity index (χ3n) is 2.64. The number of hydrogen-bond acceptors (Lipinski definition) is 3. The second-order valence-corrected chi connectivity index (χ2v) is 4.72. The van der Waals surface area contributed by atoms with Gasteiger partial charge in [0.15, 0.2) is 0 Å². The van der Waals surface area contributed by atoms with Crippen molar-refractivity contribution in [3.8, 4) is 0 Å². The van der Waals surface area contributed by atoms with E-state index in [4.69, 9.17) is 0 Å². The minimum Gasteiger partial charge on any atom is -0.341 e. The van der Waals surface area contributed by atoms with E-state index in [9.17, 15) is 0 Å². The van der Waals surface area contributed by atoms with Crippen LogP contribution in [0.5, 0.6) is 0 Å². The van der Waals surface area contributed by atoms with Gasteiger partial charge in [-0.1, -0.05) is 12.1 Å². The summed E-state index contributed by atoms with van der Waals surface area (Å²) in [5.41, 5.74) is 3.45. The Morgan fingerprint density at radius 3 is 2.94 bits per heavy atom. The molecule has 0 fully saturated rings. The highest BCUT2D eigenvalue weighted by atomic mass is 32.1. The first-order chi connectivity index (χ1) is 8.42. The van der Waals surface area contributed by atoms with Gasteiger partial charge in [0, 0.05) is 6.54 Å². The van der Waals surface area contributed by atoms with E-state index < -0.39 is 0 Å². The molecule has 2 N–H and O–H groups in total. The van der Waals surface area contributed by atoms with Gasteiger partial charge < -0.3 is 10.3 Å². The summed E-state index contributed by atoms with van der Waals surface area (Å²) in [5, 5.41) is 7.63. The topological polar surface area (TPSA) is 40.7 Å². The molecule has 0 radical (unpaired) electrons. The lowest BCUT2D eigenvalue weighted by molar-refractivity contribution is 0.672. The van der Waals surface area contributed by atoms with Gasteiger partial charge in [0.1, 0.15) is 5.82 Å². The van der Waals surface area contributed by atoms with E-state index in [0.717, 1.165) is 29.9 Å². The molecule has 0 saturated carbocycles. The molecule has 3 rings (SSSR count). The minimum atomic E-state index is 0.768. The largest absolute Gasteiger partial charge is 0.341 e. The summed E-state index contributed by atoms with van der Waals surface area (Å²) in [5.74, 6) is 0.987. The van der Waals surface area contributed by atoms with E-state index in [1.165, 1.54) is 5.56 Å². The van der Waals surface area contributed by atoms with Gasteiger partial charge >= 0.3 is 0 Å². The maximum atomic E-state index is 4.52. The number of benzene rings is 1. The number of thiophene rings is 1. The Balaban J connectivity index is 1.65. The van der Waals surface area contributed by atoms with Crippen molar-refractivity contribution in [3.63, 3.8) is 0 Å². The molecule has 2 aromatic heterocycles. The number of aromatic amines is 1. The summed E-state index contributed by atoms with van der Waals surface area (Å²) in [6.07, 6.45) is 0. The first-order valence-corrected chi connectivity index (χ1v) is 6.51. The van der Waals surface area contributed by atoms with Crippen LogP contribution in [0.3, 0.4) is 0 Å². The highest BCUT2D eigenvalue weighted by Crippen LogP contribution is 2.10. The number of para-hydroxylation sites is 2. The monoisotopic (exact) mass is 243 g/mol. The lowest BCUT2D eigenvalue weighted by Gasteiger charge is -1.99.